The lowest BCUT2D eigenvalue weighted by atomic mass is 9.71. The molecule has 0 spiro atoms. The van der Waals surface area contributed by atoms with Crippen LogP contribution in [0.1, 0.15) is 24.3 Å². The molecule has 2 rings (SSSR count). The van der Waals surface area contributed by atoms with Crippen LogP contribution in [0.25, 0.3) is 0 Å². The minimum Gasteiger partial charge on any atom is -0.319 e. The Morgan fingerprint density at radius 2 is 2.07 bits per heavy atom. The van der Waals surface area contributed by atoms with Gasteiger partial charge in [0.15, 0.2) is 0 Å². The Bertz CT molecular complexity index is 305. The first-order chi connectivity index (χ1) is 6.81. The molecule has 2 heteroatoms. The van der Waals surface area contributed by atoms with Crippen LogP contribution < -0.4 is 5.32 Å². The van der Waals surface area contributed by atoms with Crippen molar-refractivity contribution in [3.63, 3.8) is 0 Å². The van der Waals surface area contributed by atoms with Gasteiger partial charge in [-0.25, -0.2) is 4.39 Å². The van der Waals surface area contributed by atoms with Crippen LogP contribution in [-0.2, 0) is 0 Å². The molecule has 0 bridgehead atoms. The van der Waals surface area contributed by atoms with Crippen LogP contribution in [0.4, 0.5) is 4.39 Å². The third kappa shape index (κ3) is 1.80. The van der Waals surface area contributed by atoms with Gasteiger partial charge in [-0.1, -0.05) is 18.2 Å². The zero-order chi connectivity index (χ0) is 9.97. The Morgan fingerprint density at radius 3 is 2.71 bits per heavy atom. The molecule has 14 heavy (non-hydrogen) atoms. The lowest BCUT2D eigenvalue weighted by Gasteiger charge is -2.35. The molecule has 76 valence electrons. The van der Waals surface area contributed by atoms with Crippen molar-refractivity contribution in [2.24, 2.45) is 5.92 Å². The summed E-state index contributed by atoms with van der Waals surface area (Å²) in [5.74, 6) is 1.15. The van der Waals surface area contributed by atoms with Gasteiger partial charge in [-0.3, -0.25) is 0 Å². The van der Waals surface area contributed by atoms with Crippen LogP contribution in [0.15, 0.2) is 24.3 Å². The number of rotatable bonds is 3. The van der Waals surface area contributed by atoms with Crippen molar-refractivity contribution in [3.05, 3.63) is 35.6 Å². The Balaban J connectivity index is 1.96. The summed E-state index contributed by atoms with van der Waals surface area (Å²) < 4.78 is 13.4. The highest BCUT2D eigenvalue weighted by atomic mass is 19.1. The maximum absolute atomic E-state index is 13.4. The van der Waals surface area contributed by atoms with Crippen molar-refractivity contribution < 1.29 is 4.39 Å². The van der Waals surface area contributed by atoms with E-state index in [0.717, 1.165) is 30.9 Å². The topological polar surface area (TPSA) is 12.0 Å². The van der Waals surface area contributed by atoms with Gasteiger partial charge < -0.3 is 5.32 Å². The molecule has 0 radical (unpaired) electrons. The van der Waals surface area contributed by atoms with Gasteiger partial charge in [0.2, 0.25) is 0 Å². The van der Waals surface area contributed by atoms with Crippen molar-refractivity contribution >= 4 is 0 Å². The fourth-order valence-electron chi connectivity index (χ4n) is 2.25. The van der Waals surface area contributed by atoms with Crippen molar-refractivity contribution in [2.75, 3.05) is 13.6 Å². The smallest absolute Gasteiger partial charge is 0.126 e. The number of halogens is 1. The summed E-state index contributed by atoms with van der Waals surface area (Å²) in [6, 6.07) is 7.14. The van der Waals surface area contributed by atoms with Crippen molar-refractivity contribution in [1.29, 1.82) is 0 Å². The summed E-state index contributed by atoms with van der Waals surface area (Å²) in [5.41, 5.74) is 0.903. The Labute approximate surface area is 84.3 Å². The summed E-state index contributed by atoms with van der Waals surface area (Å²) in [5, 5.41) is 3.16. The van der Waals surface area contributed by atoms with Gasteiger partial charge in [-0.05, 0) is 49.9 Å². The second-order valence-corrected chi connectivity index (χ2v) is 4.11. The van der Waals surface area contributed by atoms with E-state index in [4.69, 9.17) is 0 Å². The Hall–Kier alpha value is -0.890. The average Bonchev–Trinajstić information content (AvgIpc) is 2.12. The molecule has 0 atom stereocenters. The quantitative estimate of drug-likeness (QED) is 0.778. The van der Waals surface area contributed by atoms with Crippen LogP contribution in [0.2, 0.25) is 0 Å². The Morgan fingerprint density at radius 1 is 1.36 bits per heavy atom. The van der Waals surface area contributed by atoms with Gasteiger partial charge >= 0.3 is 0 Å². The van der Waals surface area contributed by atoms with Gasteiger partial charge in [0.25, 0.3) is 0 Å². The van der Waals surface area contributed by atoms with Crippen LogP contribution in [-0.4, -0.2) is 13.6 Å². The minimum atomic E-state index is -0.0413. The number of hydrogen-bond acceptors (Lipinski definition) is 1. The van der Waals surface area contributed by atoms with Crippen molar-refractivity contribution in [2.45, 2.75) is 18.8 Å². The van der Waals surface area contributed by atoms with Crippen LogP contribution in [0, 0.1) is 11.7 Å². The van der Waals surface area contributed by atoms with Crippen LogP contribution >= 0.6 is 0 Å². The second kappa shape index (κ2) is 4.09. The molecule has 1 aliphatic rings. The molecule has 1 aromatic carbocycles. The summed E-state index contributed by atoms with van der Waals surface area (Å²) in [4.78, 5) is 0. The highest BCUT2D eigenvalue weighted by Gasteiger charge is 2.30. The van der Waals surface area contributed by atoms with Gasteiger partial charge in [-0.2, -0.15) is 0 Å². The van der Waals surface area contributed by atoms with Crippen molar-refractivity contribution in [1.82, 2.24) is 5.32 Å². The first-order valence-corrected chi connectivity index (χ1v) is 5.20. The zero-order valence-corrected chi connectivity index (χ0v) is 8.46. The molecular formula is C12H16FN. The first kappa shape index (κ1) is 9.66. The lowest BCUT2D eigenvalue weighted by molar-refractivity contribution is 0.254. The minimum absolute atomic E-state index is 0.0413. The predicted molar refractivity (Wildman–Crippen MR) is 55.8 cm³/mol. The molecule has 1 nitrogen and oxygen atoms in total. The summed E-state index contributed by atoms with van der Waals surface area (Å²) >= 11 is 0. The van der Waals surface area contributed by atoms with Crippen LogP contribution in [0.5, 0.6) is 0 Å². The molecule has 0 aliphatic heterocycles. The van der Waals surface area contributed by atoms with Gasteiger partial charge in [-0.15, -0.1) is 0 Å². The van der Waals surface area contributed by atoms with E-state index in [1.807, 2.05) is 19.2 Å². The summed E-state index contributed by atoms with van der Waals surface area (Å²) in [6.45, 7) is 1.06. The van der Waals surface area contributed by atoms with Crippen LogP contribution in [0.3, 0.4) is 0 Å². The number of hydrogen-bond donors (Lipinski definition) is 1. The van der Waals surface area contributed by atoms with E-state index >= 15 is 0 Å². The molecule has 1 aromatic rings. The monoisotopic (exact) mass is 193 g/mol. The number of nitrogens with one attached hydrogen (secondary N) is 1. The van der Waals surface area contributed by atoms with E-state index in [2.05, 4.69) is 5.32 Å². The molecule has 1 aliphatic carbocycles. The standard InChI is InChI=1S/C12H16FN/c1-14-8-9-6-10(7-9)11-4-2-3-5-12(11)13/h2-5,9-10,14H,6-8H2,1H3. The van der Waals surface area contributed by atoms with E-state index in [-0.39, 0.29) is 5.82 Å². The lowest BCUT2D eigenvalue weighted by Crippen LogP contribution is -2.30. The van der Waals surface area contributed by atoms with Gasteiger partial charge in [0.05, 0.1) is 0 Å². The normalized spacial score (nSPS) is 25.9. The third-order valence-corrected chi connectivity index (χ3v) is 3.07. The molecule has 0 saturated heterocycles. The zero-order valence-electron chi connectivity index (χ0n) is 8.46. The molecular weight excluding hydrogens is 177 g/mol. The van der Waals surface area contributed by atoms with Gasteiger partial charge in [0.1, 0.15) is 5.82 Å². The van der Waals surface area contributed by atoms with Crippen molar-refractivity contribution in [3.8, 4) is 0 Å². The molecule has 0 heterocycles. The molecule has 0 unspecified atom stereocenters. The highest BCUT2D eigenvalue weighted by molar-refractivity contribution is 5.24. The third-order valence-electron chi connectivity index (χ3n) is 3.07. The van der Waals surface area contributed by atoms with E-state index in [0.29, 0.717) is 5.92 Å². The van der Waals surface area contributed by atoms with E-state index in [1.54, 1.807) is 12.1 Å². The van der Waals surface area contributed by atoms with E-state index in [1.165, 1.54) is 0 Å². The first-order valence-electron chi connectivity index (χ1n) is 5.20. The maximum Gasteiger partial charge on any atom is 0.126 e. The second-order valence-electron chi connectivity index (χ2n) is 4.11. The molecule has 0 aromatic heterocycles. The maximum atomic E-state index is 13.4. The molecule has 1 fully saturated rings. The average molecular weight is 193 g/mol. The summed E-state index contributed by atoms with van der Waals surface area (Å²) in [7, 11) is 1.97. The SMILES string of the molecule is CNCC1CC(c2ccccc2F)C1. The molecule has 0 amide bonds. The molecule has 1 saturated carbocycles. The van der Waals surface area contributed by atoms with E-state index in [9.17, 15) is 4.39 Å². The number of benzene rings is 1. The van der Waals surface area contributed by atoms with Gasteiger partial charge in [0, 0.05) is 0 Å². The molecule has 1 N–H and O–H groups in total. The summed E-state index contributed by atoms with van der Waals surface area (Å²) in [6.07, 6.45) is 2.25. The highest BCUT2D eigenvalue weighted by Crippen LogP contribution is 2.41. The fourth-order valence-corrected chi connectivity index (χ4v) is 2.25. The Kier molecular flexibility index (Phi) is 2.82. The predicted octanol–water partition coefficient (Wildman–Crippen LogP) is 2.54. The van der Waals surface area contributed by atoms with E-state index < -0.39 is 0 Å². The fraction of sp³-hybridized carbons (Fsp3) is 0.500. The largest absolute Gasteiger partial charge is 0.319 e.